The SMILES string of the molecule is CC(C)C[C@H](NC(=O)CNC(=O)[C@H](Cc1ccccc1)NC(=O)[C@H](CC(N)=O)NC(=O)[C@H](Cc1ccc(O)cc1)NC(=O)[C@H](CCCN=C(N)N)NC(=O)[C@H](CC(N)=O)NC(=O)[C@@H]1CCCN1C(=O)[C@@H](N)CC(C)C)C(N)=O. The molecule has 20 N–H and O–H groups in total. The highest BCUT2D eigenvalue weighted by Crippen LogP contribution is 2.21. The molecule has 1 aliphatic rings. The third-order valence-electron chi connectivity index (χ3n) is 12.3. The lowest BCUT2D eigenvalue weighted by molar-refractivity contribution is -0.141. The number of guanidine groups is 1. The Morgan fingerprint density at radius 1 is 0.615 bits per heavy atom. The molecule has 0 aromatic heterocycles. The van der Waals surface area contributed by atoms with Gasteiger partial charge in [0.25, 0.3) is 0 Å². The summed E-state index contributed by atoms with van der Waals surface area (Å²) in [6, 6.07) is 2.84. The van der Waals surface area contributed by atoms with Gasteiger partial charge in [-0.2, -0.15) is 0 Å². The van der Waals surface area contributed by atoms with Gasteiger partial charge in [0, 0.05) is 25.9 Å². The van der Waals surface area contributed by atoms with Crippen molar-refractivity contribution in [3.05, 3.63) is 65.7 Å². The lowest BCUT2D eigenvalue weighted by atomic mass is 10.0. The van der Waals surface area contributed by atoms with Gasteiger partial charge in [-0.1, -0.05) is 70.2 Å². The molecule has 3 rings (SSSR count). The van der Waals surface area contributed by atoms with E-state index in [1.807, 2.05) is 27.7 Å². The van der Waals surface area contributed by atoms with Crippen molar-refractivity contribution in [2.75, 3.05) is 19.6 Å². The van der Waals surface area contributed by atoms with E-state index in [4.69, 9.17) is 34.4 Å². The third kappa shape index (κ3) is 22.5. The van der Waals surface area contributed by atoms with Gasteiger partial charge < -0.3 is 81.6 Å². The van der Waals surface area contributed by atoms with Gasteiger partial charge in [0.15, 0.2) is 5.96 Å². The van der Waals surface area contributed by atoms with E-state index in [0.29, 0.717) is 24.0 Å². The summed E-state index contributed by atoms with van der Waals surface area (Å²) in [6.45, 7) is 6.96. The van der Waals surface area contributed by atoms with Crippen LogP contribution in [0.3, 0.4) is 0 Å². The van der Waals surface area contributed by atoms with E-state index in [2.05, 4.69) is 42.2 Å². The van der Waals surface area contributed by atoms with Crippen molar-refractivity contribution in [1.29, 1.82) is 0 Å². The lowest BCUT2D eigenvalue weighted by Crippen LogP contribution is -2.61. The molecule has 2 aromatic rings. The van der Waals surface area contributed by atoms with Crippen LogP contribution in [0.15, 0.2) is 59.6 Å². The number of phenolic OH excluding ortho intramolecular Hbond substituents is 1. The highest BCUT2D eigenvalue weighted by Gasteiger charge is 2.39. The van der Waals surface area contributed by atoms with Crippen LogP contribution >= 0.6 is 0 Å². The largest absolute Gasteiger partial charge is 0.508 e. The number of rotatable bonds is 32. The molecule has 1 aliphatic heterocycles. The highest BCUT2D eigenvalue weighted by molar-refractivity contribution is 6.00. The fourth-order valence-electron chi connectivity index (χ4n) is 8.46. The Hall–Kier alpha value is -8.36. The highest BCUT2D eigenvalue weighted by atomic mass is 16.3. The number of nitrogens with one attached hydrogen (secondary N) is 7. The number of hydrogen-bond donors (Lipinski definition) is 14. The van der Waals surface area contributed by atoms with Crippen LogP contribution in [0.2, 0.25) is 0 Å². The first kappa shape index (κ1) is 63.9. The lowest BCUT2D eigenvalue weighted by Gasteiger charge is -2.29. The number of aromatic hydroxyl groups is 1. The Morgan fingerprint density at radius 3 is 1.65 bits per heavy atom. The second kappa shape index (κ2) is 31.6. The van der Waals surface area contributed by atoms with E-state index in [-0.39, 0.29) is 75.2 Å². The summed E-state index contributed by atoms with van der Waals surface area (Å²) in [4.78, 5) is 153. The molecule has 11 amide bonds. The zero-order valence-corrected chi connectivity index (χ0v) is 44.5. The first-order valence-electron chi connectivity index (χ1n) is 25.6. The summed E-state index contributed by atoms with van der Waals surface area (Å²) in [7, 11) is 0. The number of nitrogens with zero attached hydrogens (tertiary/aromatic N) is 2. The third-order valence-corrected chi connectivity index (χ3v) is 12.3. The van der Waals surface area contributed by atoms with Gasteiger partial charge >= 0.3 is 0 Å². The van der Waals surface area contributed by atoms with Gasteiger partial charge in [-0.05, 0) is 73.6 Å². The molecule has 1 saturated heterocycles. The zero-order valence-electron chi connectivity index (χ0n) is 44.5. The summed E-state index contributed by atoms with van der Waals surface area (Å²) in [5, 5.41) is 27.4. The van der Waals surface area contributed by atoms with E-state index in [9.17, 15) is 57.8 Å². The Bertz CT molecular complexity index is 2450. The molecule has 0 saturated carbocycles. The van der Waals surface area contributed by atoms with E-state index in [1.165, 1.54) is 29.2 Å². The molecule has 2 aromatic carbocycles. The predicted molar refractivity (Wildman–Crippen MR) is 285 cm³/mol. The summed E-state index contributed by atoms with van der Waals surface area (Å²) >= 11 is 0. The number of primary amides is 3. The molecule has 27 nitrogen and oxygen atoms in total. The number of nitrogens with two attached hydrogens (primary N) is 6. The van der Waals surface area contributed by atoms with Crippen LogP contribution in [-0.2, 0) is 65.6 Å². The van der Waals surface area contributed by atoms with E-state index < -0.39 is 133 Å². The number of aliphatic imine (C=N–C) groups is 1. The number of amides is 11. The van der Waals surface area contributed by atoms with Crippen molar-refractivity contribution < 1.29 is 57.8 Å². The molecular formula is C51H77N15O12. The number of carbonyl (C=O) groups is 11. The molecule has 0 bridgehead atoms. The molecule has 27 heteroatoms. The smallest absolute Gasteiger partial charge is 0.243 e. The second-order valence-corrected chi connectivity index (χ2v) is 20.0. The maximum absolute atomic E-state index is 14.4. The van der Waals surface area contributed by atoms with E-state index >= 15 is 0 Å². The molecule has 1 fully saturated rings. The predicted octanol–water partition coefficient (Wildman–Crippen LogP) is -4.10. The molecule has 0 radical (unpaired) electrons. The maximum atomic E-state index is 14.4. The Labute approximate surface area is 452 Å². The van der Waals surface area contributed by atoms with Crippen molar-refractivity contribution in [2.24, 2.45) is 51.2 Å². The normalized spacial score (nSPS) is 15.7. The topological polar surface area (TPSA) is 464 Å². The van der Waals surface area contributed by atoms with Crippen molar-refractivity contribution in [2.45, 2.75) is 140 Å². The molecule has 1 heterocycles. The van der Waals surface area contributed by atoms with Gasteiger partial charge in [0.05, 0.1) is 25.4 Å². The van der Waals surface area contributed by atoms with E-state index in [1.54, 1.807) is 30.3 Å². The second-order valence-electron chi connectivity index (χ2n) is 20.0. The average Bonchev–Trinajstić information content (AvgIpc) is 3.86. The number of carbonyl (C=O) groups excluding carboxylic acids is 11. The Morgan fingerprint density at radius 2 is 1.12 bits per heavy atom. The van der Waals surface area contributed by atoms with Gasteiger partial charge in [-0.15, -0.1) is 0 Å². The molecule has 0 spiro atoms. The van der Waals surface area contributed by atoms with Crippen LogP contribution in [0, 0.1) is 11.8 Å². The van der Waals surface area contributed by atoms with Crippen LogP contribution in [0.5, 0.6) is 5.75 Å². The average molecular weight is 1090 g/mol. The minimum absolute atomic E-state index is 0.0146. The van der Waals surface area contributed by atoms with E-state index in [0.717, 1.165) is 0 Å². The Balaban J connectivity index is 1.95. The maximum Gasteiger partial charge on any atom is 0.243 e. The van der Waals surface area contributed by atoms with Crippen LogP contribution in [0.4, 0.5) is 0 Å². The van der Waals surface area contributed by atoms with Crippen LogP contribution in [0.1, 0.15) is 90.2 Å². The fourth-order valence-corrected chi connectivity index (χ4v) is 8.46. The van der Waals surface area contributed by atoms with Crippen molar-refractivity contribution >= 4 is 70.9 Å². The van der Waals surface area contributed by atoms with Crippen molar-refractivity contribution in [3.8, 4) is 5.75 Å². The summed E-state index contributed by atoms with van der Waals surface area (Å²) in [6.07, 6.45) is -0.946. The number of phenols is 1. The monoisotopic (exact) mass is 1090 g/mol. The fraction of sp³-hybridized carbons (Fsp3) is 0.529. The minimum atomic E-state index is -1.79. The molecule has 428 valence electrons. The first-order valence-corrected chi connectivity index (χ1v) is 25.6. The van der Waals surface area contributed by atoms with Crippen molar-refractivity contribution in [3.63, 3.8) is 0 Å². The van der Waals surface area contributed by atoms with Crippen LogP contribution < -0.4 is 71.6 Å². The van der Waals surface area contributed by atoms with Crippen LogP contribution in [0.25, 0.3) is 0 Å². The molecule has 78 heavy (non-hydrogen) atoms. The molecule has 0 aliphatic carbocycles. The molecule has 0 unspecified atom stereocenters. The van der Waals surface area contributed by atoms with Gasteiger partial charge in [0.2, 0.25) is 65.0 Å². The van der Waals surface area contributed by atoms with Gasteiger partial charge in [0.1, 0.15) is 48.0 Å². The Kier molecular flexibility index (Phi) is 25.9. The minimum Gasteiger partial charge on any atom is -0.508 e. The van der Waals surface area contributed by atoms with Gasteiger partial charge in [-0.25, -0.2) is 0 Å². The van der Waals surface area contributed by atoms with Gasteiger partial charge in [-0.3, -0.25) is 57.7 Å². The molecule has 8 atom stereocenters. The zero-order chi connectivity index (χ0) is 58.2. The summed E-state index contributed by atoms with van der Waals surface area (Å²) < 4.78 is 0. The number of hydrogen-bond acceptors (Lipinski definition) is 14. The molecular weight excluding hydrogens is 1010 g/mol. The van der Waals surface area contributed by atoms with Crippen LogP contribution in [-0.4, -0.2) is 149 Å². The number of benzene rings is 2. The first-order chi connectivity index (χ1) is 36.7. The summed E-state index contributed by atoms with van der Waals surface area (Å²) in [5.74, 6) is -10.3. The standard InChI is InChI=1S/C51H77N15O12/c1-27(2)20-32(52)50(78)66-19-9-13-39(66)49(77)65-38(25-41(54)69)47(75)61-33(12-8-18-58-51(56)57)45(73)63-36(23-30-14-16-31(67)17-15-30)46(74)64-37(24-40(53)68)48(76)62-35(22-29-10-6-5-7-11-29)44(72)59-26-42(70)60-34(43(55)71)21-28(3)4/h5-7,10-11,14-17,27-28,32-39,67H,8-9,12-13,18-26,52H2,1-4H3,(H2,53,68)(H2,54,69)(H2,55,71)(H,59,72)(H,60,70)(H,61,75)(H,62,76)(H,63,73)(H,64,74)(H,65,77)(H4,56,57,58)/t32-,33-,34-,35-,36-,37-,38-,39-/m0/s1. The number of likely N-dealkylation sites (tertiary alicyclic amines) is 1. The quantitative estimate of drug-likeness (QED) is 0.0188. The van der Waals surface area contributed by atoms with Crippen molar-refractivity contribution in [1.82, 2.24) is 42.1 Å². The summed E-state index contributed by atoms with van der Waals surface area (Å²) in [5.41, 5.74) is 34.6.